The first-order chi connectivity index (χ1) is 9.00. The number of pyridine rings is 1. The molecule has 1 aromatic heterocycles. The topological polar surface area (TPSA) is 24.9 Å². The zero-order valence-electron chi connectivity index (χ0n) is 9.92. The minimum Gasteiger partial charge on any atom is -0.376 e. The summed E-state index contributed by atoms with van der Waals surface area (Å²) in [5.41, 5.74) is 1.12. The normalized spacial score (nSPS) is 12.3. The molecule has 1 unspecified atom stereocenters. The molecule has 2 nitrogen and oxygen atoms in total. The Morgan fingerprint density at radius 3 is 2.63 bits per heavy atom. The maximum Gasteiger partial charge on any atom is 0.152 e. The molecule has 0 aliphatic carbocycles. The average molecular weight is 320 g/mol. The van der Waals surface area contributed by atoms with Crippen molar-refractivity contribution in [3.63, 3.8) is 0 Å². The third kappa shape index (κ3) is 3.11. The van der Waals surface area contributed by atoms with E-state index in [9.17, 15) is 4.39 Å². The van der Waals surface area contributed by atoms with Gasteiger partial charge in [0.15, 0.2) is 5.15 Å². The molecule has 100 valence electrons. The Morgan fingerprint density at radius 1 is 1.21 bits per heavy atom. The van der Waals surface area contributed by atoms with Crippen LogP contribution in [-0.4, -0.2) is 4.98 Å². The van der Waals surface area contributed by atoms with E-state index in [4.69, 9.17) is 34.8 Å². The van der Waals surface area contributed by atoms with Crippen molar-refractivity contribution in [2.75, 3.05) is 5.32 Å². The van der Waals surface area contributed by atoms with Crippen molar-refractivity contribution >= 4 is 40.5 Å². The van der Waals surface area contributed by atoms with Crippen LogP contribution in [0.5, 0.6) is 0 Å². The summed E-state index contributed by atoms with van der Waals surface area (Å²) in [6.07, 6.45) is 1.58. The van der Waals surface area contributed by atoms with E-state index in [0.717, 1.165) is 0 Å². The Labute approximate surface area is 125 Å². The molecule has 19 heavy (non-hydrogen) atoms. The molecule has 1 aromatic carbocycles. The summed E-state index contributed by atoms with van der Waals surface area (Å²) in [5, 5.41) is 3.84. The van der Waals surface area contributed by atoms with Crippen molar-refractivity contribution in [3.05, 3.63) is 57.0 Å². The van der Waals surface area contributed by atoms with Crippen LogP contribution < -0.4 is 5.32 Å². The Hall–Kier alpha value is -1.03. The molecule has 0 amide bonds. The minimum atomic E-state index is -0.507. The van der Waals surface area contributed by atoms with Gasteiger partial charge >= 0.3 is 0 Å². The second kappa shape index (κ2) is 5.95. The van der Waals surface area contributed by atoms with Gasteiger partial charge in [0.2, 0.25) is 0 Å². The summed E-state index contributed by atoms with van der Waals surface area (Å²) in [4.78, 5) is 3.95. The van der Waals surface area contributed by atoms with Crippen molar-refractivity contribution in [2.45, 2.75) is 13.0 Å². The Kier molecular flexibility index (Phi) is 4.50. The molecular weight excluding hydrogens is 310 g/mol. The third-order valence-electron chi connectivity index (χ3n) is 2.64. The second-order valence-corrected chi connectivity index (χ2v) is 5.11. The summed E-state index contributed by atoms with van der Waals surface area (Å²) in [5.74, 6) is -0.507. The number of benzene rings is 1. The summed E-state index contributed by atoms with van der Waals surface area (Å²) < 4.78 is 13.5. The average Bonchev–Trinajstić information content (AvgIpc) is 2.37. The van der Waals surface area contributed by atoms with Crippen molar-refractivity contribution < 1.29 is 4.39 Å². The fourth-order valence-electron chi connectivity index (χ4n) is 1.74. The maximum atomic E-state index is 13.5. The SMILES string of the molecule is CC(Nc1cccnc1Cl)c1c(Cl)ccc(F)c1Cl. The van der Waals surface area contributed by atoms with Crippen LogP contribution in [0, 0.1) is 5.82 Å². The van der Waals surface area contributed by atoms with Crippen LogP contribution in [0.15, 0.2) is 30.5 Å². The molecule has 0 aliphatic heterocycles. The predicted octanol–water partition coefficient (Wildman–Crippen LogP) is 5.35. The van der Waals surface area contributed by atoms with Crippen LogP contribution in [0.1, 0.15) is 18.5 Å². The summed E-state index contributed by atoms with van der Waals surface area (Å²) in [7, 11) is 0. The van der Waals surface area contributed by atoms with Gasteiger partial charge in [0.25, 0.3) is 0 Å². The highest BCUT2D eigenvalue weighted by atomic mass is 35.5. The first-order valence-electron chi connectivity index (χ1n) is 5.51. The minimum absolute atomic E-state index is 0.00696. The maximum absolute atomic E-state index is 13.5. The Morgan fingerprint density at radius 2 is 1.95 bits per heavy atom. The van der Waals surface area contributed by atoms with Crippen LogP contribution >= 0.6 is 34.8 Å². The van der Waals surface area contributed by atoms with Gasteiger partial charge in [-0.25, -0.2) is 9.37 Å². The quantitative estimate of drug-likeness (QED) is 0.609. The highest BCUT2D eigenvalue weighted by Gasteiger charge is 2.17. The second-order valence-electron chi connectivity index (χ2n) is 3.96. The van der Waals surface area contributed by atoms with Crippen LogP contribution in [-0.2, 0) is 0 Å². The van der Waals surface area contributed by atoms with Crippen molar-refractivity contribution in [1.82, 2.24) is 4.98 Å². The van der Waals surface area contributed by atoms with Gasteiger partial charge in [-0.1, -0.05) is 34.8 Å². The standard InChI is InChI=1S/C13H10Cl3FN2/c1-7(19-10-3-2-6-18-13(10)16)11-8(14)4-5-9(17)12(11)15/h2-7,19H,1H3. The van der Waals surface area contributed by atoms with Crippen LogP contribution in [0.2, 0.25) is 15.2 Å². The van der Waals surface area contributed by atoms with E-state index in [1.165, 1.54) is 12.1 Å². The zero-order chi connectivity index (χ0) is 14.0. The number of hydrogen-bond donors (Lipinski definition) is 1. The Balaban J connectivity index is 2.33. The van der Waals surface area contributed by atoms with Gasteiger partial charge in [0.1, 0.15) is 5.82 Å². The number of anilines is 1. The van der Waals surface area contributed by atoms with Gasteiger partial charge in [-0.05, 0) is 31.2 Å². The van der Waals surface area contributed by atoms with Gasteiger partial charge in [0, 0.05) is 16.8 Å². The number of nitrogens with zero attached hydrogens (tertiary/aromatic N) is 1. The molecule has 6 heteroatoms. The smallest absolute Gasteiger partial charge is 0.152 e. The van der Waals surface area contributed by atoms with E-state index < -0.39 is 5.82 Å². The number of rotatable bonds is 3. The lowest BCUT2D eigenvalue weighted by atomic mass is 10.1. The lowest BCUT2D eigenvalue weighted by molar-refractivity contribution is 0.624. The number of hydrogen-bond acceptors (Lipinski definition) is 2. The molecule has 1 atom stereocenters. The van der Waals surface area contributed by atoms with Gasteiger partial charge in [-0.15, -0.1) is 0 Å². The third-order valence-corrected chi connectivity index (χ3v) is 3.66. The molecule has 0 saturated heterocycles. The molecule has 0 radical (unpaired) electrons. The molecular formula is C13H10Cl3FN2. The fraction of sp³-hybridized carbons (Fsp3) is 0.154. The predicted molar refractivity (Wildman–Crippen MR) is 77.7 cm³/mol. The fourth-order valence-corrected chi connectivity index (χ4v) is 2.61. The number of nitrogens with one attached hydrogen (secondary N) is 1. The monoisotopic (exact) mass is 318 g/mol. The molecule has 0 spiro atoms. The number of halogens is 4. The van der Waals surface area contributed by atoms with E-state index in [1.54, 1.807) is 18.3 Å². The van der Waals surface area contributed by atoms with Gasteiger partial charge in [-0.2, -0.15) is 0 Å². The summed E-state index contributed by atoms with van der Waals surface area (Å²) in [6, 6.07) is 5.92. The highest BCUT2D eigenvalue weighted by Crippen LogP contribution is 2.34. The van der Waals surface area contributed by atoms with Crippen molar-refractivity contribution in [2.24, 2.45) is 0 Å². The molecule has 0 bridgehead atoms. The van der Waals surface area contributed by atoms with Crippen LogP contribution in [0.3, 0.4) is 0 Å². The van der Waals surface area contributed by atoms with E-state index in [2.05, 4.69) is 10.3 Å². The highest BCUT2D eigenvalue weighted by molar-refractivity contribution is 6.36. The van der Waals surface area contributed by atoms with E-state index in [-0.39, 0.29) is 11.1 Å². The van der Waals surface area contributed by atoms with Crippen LogP contribution in [0.25, 0.3) is 0 Å². The molecule has 2 aromatic rings. The largest absolute Gasteiger partial charge is 0.376 e. The lowest BCUT2D eigenvalue weighted by Gasteiger charge is -2.19. The molecule has 1 heterocycles. The molecule has 0 fully saturated rings. The molecule has 0 aliphatic rings. The zero-order valence-corrected chi connectivity index (χ0v) is 12.2. The van der Waals surface area contributed by atoms with Crippen molar-refractivity contribution in [1.29, 1.82) is 0 Å². The summed E-state index contributed by atoms with van der Waals surface area (Å²) >= 11 is 18.0. The molecule has 1 N–H and O–H groups in total. The Bertz CT molecular complexity index is 604. The summed E-state index contributed by atoms with van der Waals surface area (Å²) in [6.45, 7) is 1.82. The van der Waals surface area contributed by atoms with Crippen molar-refractivity contribution in [3.8, 4) is 0 Å². The van der Waals surface area contributed by atoms with E-state index in [1.807, 2.05) is 6.92 Å². The molecule has 0 saturated carbocycles. The van der Waals surface area contributed by atoms with Gasteiger partial charge < -0.3 is 5.32 Å². The van der Waals surface area contributed by atoms with E-state index >= 15 is 0 Å². The van der Waals surface area contributed by atoms with Gasteiger partial charge in [0.05, 0.1) is 16.8 Å². The van der Waals surface area contributed by atoms with Gasteiger partial charge in [-0.3, -0.25) is 0 Å². The number of aromatic nitrogens is 1. The first kappa shape index (κ1) is 14.4. The first-order valence-corrected chi connectivity index (χ1v) is 6.64. The van der Waals surface area contributed by atoms with E-state index in [0.29, 0.717) is 21.4 Å². The van der Waals surface area contributed by atoms with Crippen LogP contribution in [0.4, 0.5) is 10.1 Å². The lowest BCUT2D eigenvalue weighted by Crippen LogP contribution is -2.09. The molecule has 2 rings (SSSR count).